The minimum atomic E-state index is 0.560. The fourth-order valence-electron chi connectivity index (χ4n) is 2.42. The fourth-order valence-corrected chi connectivity index (χ4v) is 2.42. The normalized spacial score (nSPS) is 15.2. The van der Waals surface area contributed by atoms with Gasteiger partial charge >= 0.3 is 0 Å². The monoisotopic (exact) mass is 237 g/mol. The van der Waals surface area contributed by atoms with E-state index in [1.165, 1.54) is 5.56 Å². The van der Waals surface area contributed by atoms with Crippen molar-refractivity contribution < 1.29 is 0 Å². The molecule has 0 amide bonds. The average molecular weight is 237 g/mol. The topological polar surface area (TPSA) is 29.9 Å². The van der Waals surface area contributed by atoms with Crippen LogP contribution in [0.4, 0.5) is 0 Å². The molecule has 0 aromatic carbocycles. The van der Waals surface area contributed by atoms with Crippen LogP contribution < -0.4 is 5.32 Å². The minimum Gasteiger partial charge on any atom is -0.314 e. The van der Waals surface area contributed by atoms with Gasteiger partial charge in [0.1, 0.15) is 0 Å². The van der Waals surface area contributed by atoms with Gasteiger partial charge in [0.15, 0.2) is 0 Å². The first-order valence-electron chi connectivity index (χ1n) is 6.83. The Morgan fingerprint density at radius 3 is 2.47 bits per heavy atom. The molecule has 1 aromatic rings. The van der Waals surface area contributed by atoms with E-state index in [0.717, 1.165) is 19.5 Å². The molecule has 1 heterocycles. The van der Waals surface area contributed by atoms with Crippen LogP contribution in [0.1, 0.15) is 40.2 Å². The van der Waals surface area contributed by atoms with Gasteiger partial charge in [-0.1, -0.05) is 20.8 Å². The van der Waals surface area contributed by atoms with Gasteiger partial charge in [0, 0.05) is 18.8 Å². The molecule has 0 saturated heterocycles. The third-order valence-electron chi connectivity index (χ3n) is 3.51. The molecule has 1 aromatic heterocycles. The summed E-state index contributed by atoms with van der Waals surface area (Å²) in [4.78, 5) is 0. The third-order valence-corrected chi connectivity index (χ3v) is 3.51. The number of rotatable bonds is 7. The number of nitrogens with one attached hydrogen (secondary N) is 1. The molecule has 0 aliphatic heterocycles. The van der Waals surface area contributed by atoms with E-state index in [-0.39, 0.29) is 0 Å². The summed E-state index contributed by atoms with van der Waals surface area (Å²) >= 11 is 0. The van der Waals surface area contributed by atoms with Crippen LogP contribution in [-0.4, -0.2) is 22.4 Å². The Balaban J connectivity index is 2.65. The molecule has 0 bridgehead atoms. The SMILES string of the molecule is CCNC(C)C(Cc1cnn(CC)c1)C(C)C. The molecule has 0 spiro atoms. The van der Waals surface area contributed by atoms with E-state index in [9.17, 15) is 0 Å². The Bertz CT molecular complexity index is 317. The summed E-state index contributed by atoms with van der Waals surface area (Å²) in [6, 6.07) is 0.560. The van der Waals surface area contributed by atoms with E-state index >= 15 is 0 Å². The molecule has 0 saturated carbocycles. The molecule has 0 aliphatic carbocycles. The van der Waals surface area contributed by atoms with Crippen molar-refractivity contribution in [1.82, 2.24) is 15.1 Å². The lowest BCUT2D eigenvalue weighted by atomic mass is 9.84. The molecule has 0 radical (unpaired) electrons. The summed E-state index contributed by atoms with van der Waals surface area (Å²) in [6.07, 6.45) is 5.30. The molecular weight excluding hydrogens is 210 g/mol. The van der Waals surface area contributed by atoms with E-state index in [2.05, 4.69) is 51.2 Å². The van der Waals surface area contributed by atoms with Crippen molar-refractivity contribution in [3.63, 3.8) is 0 Å². The van der Waals surface area contributed by atoms with Crippen LogP contribution in [-0.2, 0) is 13.0 Å². The van der Waals surface area contributed by atoms with Crippen LogP contribution >= 0.6 is 0 Å². The Hall–Kier alpha value is -0.830. The Morgan fingerprint density at radius 1 is 1.29 bits per heavy atom. The van der Waals surface area contributed by atoms with E-state index in [4.69, 9.17) is 0 Å². The zero-order valence-corrected chi connectivity index (χ0v) is 11.9. The van der Waals surface area contributed by atoms with Gasteiger partial charge in [-0.25, -0.2) is 0 Å². The van der Waals surface area contributed by atoms with Crippen LogP contribution in [0.2, 0.25) is 0 Å². The van der Waals surface area contributed by atoms with Gasteiger partial charge in [-0.2, -0.15) is 5.10 Å². The molecule has 17 heavy (non-hydrogen) atoms. The summed E-state index contributed by atoms with van der Waals surface area (Å²) < 4.78 is 2.00. The molecule has 0 aliphatic rings. The zero-order chi connectivity index (χ0) is 12.8. The van der Waals surface area contributed by atoms with Crippen molar-refractivity contribution in [2.45, 2.75) is 53.6 Å². The maximum Gasteiger partial charge on any atom is 0.0521 e. The van der Waals surface area contributed by atoms with Crippen molar-refractivity contribution in [2.24, 2.45) is 11.8 Å². The summed E-state index contributed by atoms with van der Waals surface area (Å²) in [5.41, 5.74) is 1.36. The van der Waals surface area contributed by atoms with Gasteiger partial charge in [-0.15, -0.1) is 0 Å². The fraction of sp³-hybridized carbons (Fsp3) is 0.786. The smallest absolute Gasteiger partial charge is 0.0521 e. The number of nitrogens with zero attached hydrogens (tertiary/aromatic N) is 2. The quantitative estimate of drug-likeness (QED) is 0.790. The van der Waals surface area contributed by atoms with Crippen molar-refractivity contribution in [2.75, 3.05) is 6.54 Å². The maximum absolute atomic E-state index is 4.35. The lowest BCUT2D eigenvalue weighted by Crippen LogP contribution is -2.37. The summed E-state index contributed by atoms with van der Waals surface area (Å²) in [6.45, 7) is 13.2. The molecule has 98 valence electrons. The minimum absolute atomic E-state index is 0.560. The van der Waals surface area contributed by atoms with Crippen LogP contribution in [0, 0.1) is 11.8 Å². The Morgan fingerprint density at radius 2 is 2.00 bits per heavy atom. The Kier molecular flexibility index (Phi) is 5.69. The second-order valence-corrected chi connectivity index (χ2v) is 5.16. The zero-order valence-electron chi connectivity index (χ0n) is 11.9. The highest BCUT2D eigenvalue weighted by Gasteiger charge is 2.21. The first-order chi connectivity index (χ1) is 8.08. The van der Waals surface area contributed by atoms with Crippen molar-refractivity contribution in [3.05, 3.63) is 18.0 Å². The molecule has 3 heteroatoms. The predicted octanol–water partition coefficient (Wildman–Crippen LogP) is 2.72. The highest BCUT2D eigenvalue weighted by molar-refractivity contribution is 5.06. The second-order valence-electron chi connectivity index (χ2n) is 5.16. The standard InChI is InChI=1S/C14H27N3/c1-6-15-12(5)14(11(3)4)8-13-9-16-17(7-2)10-13/h9-12,14-15H,6-8H2,1-5H3. The number of hydrogen-bond donors (Lipinski definition) is 1. The number of hydrogen-bond acceptors (Lipinski definition) is 2. The molecule has 2 atom stereocenters. The average Bonchev–Trinajstić information content (AvgIpc) is 2.73. The predicted molar refractivity (Wildman–Crippen MR) is 73.1 cm³/mol. The molecule has 0 fully saturated rings. The van der Waals surface area contributed by atoms with Gasteiger partial charge in [0.05, 0.1) is 6.20 Å². The van der Waals surface area contributed by atoms with Crippen molar-refractivity contribution in [1.29, 1.82) is 0 Å². The summed E-state index contributed by atoms with van der Waals surface area (Å²) in [7, 11) is 0. The number of aryl methyl sites for hydroxylation is 1. The lowest BCUT2D eigenvalue weighted by molar-refractivity contribution is 0.292. The van der Waals surface area contributed by atoms with E-state index in [1.807, 2.05) is 10.9 Å². The highest BCUT2D eigenvalue weighted by atomic mass is 15.3. The lowest BCUT2D eigenvalue weighted by Gasteiger charge is -2.27. The third kappa shape index (κ3) is 4.15. The number of aromatic nitrogens is 2. The first-order valence-corrected chi connectivity index (χ1v) is 6.83. The Labute approximate surface area is 106 Å². The van der Waals surface area contributed by atoms with Crippen LogP contribution in [0.3, 0.4) is 0 Å². The van der Waals surface area contributed by atoms with Crippen LogP contribution in [0.5, 0.6) is 0 Å². The van der Waals surface area contributed by atoms with Gasteiger partial charge in [0.25, 0.3) is 0 Å². The van der Waals surface area contributed by atoms with Crippen LogP contribution in [0.25, 0.3) is 0 Å². The van der Waals surface area contributed by atoms with Gasteiger partial charge in [-0.3, -0.25) is 4.68 Å². The largest absolute Gasteiger partial charge is 0.314 e. The maximum atomic E-state index is 4.35. The van der Waals surface area contributed by atoms with Gasteiger partial charge in [-0.05, 0) is 44.2 Å². The van der Waals surface area contributed by atoms with E-state index in [0.29, 0.717) is 17.9 Å². The van der Waals surface area contributed by atoms with Crippen molar-refractivity contribution >= 4 is 0 Å². The molecule has 1 rings (SSSR count). The van der Waals surface area contributed by atoms with Gasteiger partial charge in [0.2, 0.25) is 0 Å². The summed E-state index contributed by atoms with van der Waals surface area (Å²) in [5.74, 6) is 1.36. The first kappa shape index (κ1) is 14.2. The molecular formula is C14H27N3. The molecule has 1 N–H and O–H groups in total. The van der Waals surface area contributed by atoms with Gasteiger partial charge < -0.3 is 5.32 Å². The van der Waals surface area contributed by atoms with E-state index < -0.39 is 0 Å². The van der Waals surface area contributed by atoms with E-state index in [1.54, 1.807) is 0 Å². The highest BCUT2D eigenvalue weighted by Crippen LogP contribution is 2.20. The second kappa shape index (κ2) is 6.80. The van der Waals surface area contributed by atoms with Crippen LogP contribution in [0.15, 0.2) is 12.4 Å². The summed E-state index contributed by atoms with van der Waals surface area (Å²) in [5, 5.41) is 7.89. The van der Waals surface area contributed by atoms with Crippen molar-refractivity contribution in [3.8, 4) is 0 Å². The molecule has 2 unspecified atom stereocenters. The molecule has 3 nitrogen and oxygen atoms in total.